The summed E-state index contributed by atoms with van der Waals surface area (Å²) in [5.41, 5.74) is 4.49. The normalized spacial score (nSPS) is 23.7. The fourth-order valence-electron chi connectivity index (χ4n) is 3.46. The van der Waals surface area contributed by atoms with Crippen LogP contribution in [0, 0.1) is 5.41 Å². The standard InChI is InChI=1S/C19H29NO2/c1-18(2,3)15-8-7-14-5-4-6-17(16(14)9-15)20-10-19(11-21)12-22-13-19/h7-9,17,20-21H,4-6,10-13H2,1-3H3. The Morgan fingerprint density at radius 1 is 1.32 bits per heavy atom. The van der Waals surface area contributed by atoms with E-state index in [1.165, 1.54) is 36.0 Å². The minimum atomic E-state index is -0.0563. The first-order valence-electron chi connectivity index (χ1n) is 8.49. The SMILES string of the molecule is CC(C)(C)c1ccc2c(c1)C(NCC1(CO)COC1)CCC2. The fraction of sp³-hybridized carbons (Fsp3) is 0.684. The highest BCUT2D eigenvalue weighted by Gasteiger charge is 2.38. The van der Waals surface area contributed by atoms with Gasteiger partial charge >= 0.3 is 0 Å². The number of nitrogens with one attached hydrogen (secondary N) is 1. The van der Waals surface area contributed by atoms with Crippen molar-refractivity contribution in [2.24, 2.45) is 5.41 Å². The summed E-state index contributed by atoms with van der Waals surface area (Å²) >= 11 is 0. The second-order valence-corrected chi connectivity index (χ2v) is 8.14. The lowest BCUT2D eigenvalue weighted by Gasteiger charge is -2.41. The van der Waals surface area contributed by atoms with Gasteiger partial charge in [-0.05, 0) is 41.4 Å². The maximum absolute atomic E-state index is 9.59. The molecular weight excluding hydrogens is 274 g/mol. The van der Waals surface area contributed by atoms with E-state index in [1.807, 2.05) is 0 Å². The summed E-state index contributed by atoms with van der Waals surface area (Å²) < 4.78 is 5.30. The number of aliphatic hydroxyl groups excluding tert-OH is 1. The number of ether oxygens (including phenoxy) is 1. The average Bonchev–Trinajstić information content (AvgIpc) is 2.45. The average molecular weight is 303 g/mol. The Morgan fingerprint density at radius 2 is 2.09 bits per heavy atom. The Balaban J connectivity index is 1.77. The van der Waals surface area contributed by atoms with Gasteiger partial charge in [-0.15, -0.1) is 0 Å². The van der Waals surface area contributed by atoms with Gasteiger partial charge < -0.3 is 15.2 Å². The number of aryl methyl sites for hydroxylation is 1. The second-order valence-electron chi connectivity index (χ2n) is 8.14. The lowest BCUT2D eigenvalue weighted by atomic mass is 9.80. The second kappa shape index (κ2) is 5.95. The highest BCUT2D eigenvalue weighted by molar-refractivity contribution is 5.38. The van der Waals surface area contributed by atoms with Crippen molar-refractivity contribution in [2.45, 2.75) is 51.5 Å². The number of aliphatic hydroxyl groups is 1. The molecule has 1 aromatic carbocycles. The summed E-state index contributed by atoms with van der Waals surface area (Å²) in [7, 11) is 0. The van der Waals surface area contributed by atoms with Gasteiger partial charge in [-0.2, -0.15) is 0 Å². The molecule has 1 saturated heterocycles. The third-order valence-electron chi connectivity index (χ3n) is 5.20. The van der Waals surface area contributed by atoms with Crippen LogP contribution in [0.3, 0.4) is 0 Å². The first kappa shape index (κ1) is 16.0. The van der Waals surface area contributed by atoms with Crippen LogP contribution in [0.25, 0.3) is 0 Å². The van der Waals surface area contributed by atoms with Crippen LogP contribution in [0.2, 0.25) is 0 Å². The van der Waals surface area contributed by atoms with Gasteiger partial charge in [-0.25, -0.2) is 0 Å². The molecule has 1 aliphatic carbocycles. The van der Waals surface area contributed by atoms with Gasteiger partial charge in [0.1, 0.15) is 0 Å². The Kier molecular flexibility index (Phi) is 4.32. The summed E-state index contributed by atoms with van der Waals surface area (Å²) in [6.45, 7) is 9.22. The van der Waals surface area contributed by atoms with Gasteiger partial charge in [0.2, 0.25) is 0 Å². The number of benzene rings is 1. The third kappa shape index (κ3) is 3.08. The van der Waals surface area contributed by atoms with Crippen LogP contribution in [-0.2, 0) is 16.6 Å². The van der Waals surface area contributed by atoms with Gasteiger partial charge in [0.15, 0.2) is 0 Å². The molecule has 22 heavy (non-hydrogen) atoms. The molecule has 1 unspecified atom stereocenters. The maximum Gasteiger partial charge on any atom is 0.0579 e. The molecule has 1 heterocycles. The van der Waals surface area contributed by atoms with Crippen molar-refractivity contribution in [2.75, 3.05) is 26.4 Å². The van der Waals surface area contributed by atoms with E-state index >= 15 is 0 Å². The third-order valence-corrected chi connectivity index (χ3v) is 5.20. The summed E-state index contributed by atoms with van der Waals surface area (Å²) in [5, 5.41) is 13.3. The van der Waals surface area contributed by atoms with Crippen molar-refractivity contribution in [3.8, 4) is 0 Å². The lowest BCUT2D eigenvalue weighted by molar-refractivity contribution is -0.135. The minimum absolute atomic E-state index is 0.0563. The van der Waals surface area contributed by atoms with Crippen molar-refractivity contribution in [1.82, 2.24) is 5.32 Å². The molecule has 3 heteroatoms. The molecule has 1 aliphatic heterocycles. The highest BCUT2D eigenvalue weighted by atomic mass is 16.5. The van der Waals surface area contributed by atoms with Crippen LogP contribution < -0.4 is 5.32 Å². The smallest absolute Gasteiger partial charge is 0.0579 e. The topological polar surface area (TPSA) is 41.5 Å². The lowest BCUT2D eigenvalue weighted by Crippen LogP contribution is -2.52. The zero-order valence-electron chi connectivity index (χ0n) is 14.1. The van der Waals surface area contributed by atoms with E-state index in [-0.39, 0.29) is 17.4 Å². The summed E-state index contributed by atoms with van der Waals surface area (Å²) in [6.07, 6.45) is 3.61. The number of hydrogen-bond donors (Lipinski definition) is 2. The Hall–Kier alpha value is -0.900. The van der Waals surface area contributed by atoms with Crippen LogP contribution in [0.15, 0.2) is 18.2 Å². The first-order chi connectivity index (χ1) is 10.4. The van der Waals surface area contributed by atoms with E-state index in [0.29, 0.717) is 19.3 Å². The molecule has 2 N–H and O–H groups in total. The molecule has 0 saturated carbocycles. The molecule has 0 radical (unpaired) electrons. The van der Waals surface area contributed by atoms with Crippen LogP contribution >= 0.6 is 0 Å². The van der Waals surface area contributed by atoms with Gasteiger partial charge in [0, 0.05) is 12.6 Å². The molecule has 122 valence electrons. The van der Waals surface area contributed by atoms with Gasteiger partial charge in [0.05, 0.1) is 25.2 Å². The van der Waals surface area contributed by atoms with Crippen LogP contribution in [-0.4, -0.2) is 31.5 Å². The van der Waals surface area contributed by atoms with Crippen molar-refractivity contribution < 1.29 is 9.84 Å². The molecule has 1 fully saturated rings. The van der Waals surface area contributed by atoms with Crippen molar-refractivity contribution in [3.63, 3.8) is 0 Å². The Bertz CT molecular complexity index is 523. The fourth-order valence-corrected chi connectivity index (χ4v) is 3.46. The Labute approximate surface area is 134 Å². The predicted molar refractivity (Wildman–Crippen MR) is 89.2 cm³/mol. The zero-order valence-corrected chi connectivity index (χ0v) is 14.1. The number of rotatable bonds is 4. The molecule has 1 aromatic rings. The van der Waals surface area contributed by atoms with E-state index in [9.17, 15) is 5.11 Å². The maximum atomic E-state index is 9.59. The van der Waals surface area contributed by atoms with E-state index in [1.54, 1.807) is 0 Å². The largest absolute Gasteiger partial charge is 0.396 e. The first-order valence-corrected chi connectivity index (χ1v) is 8.49. The minimum Gasteiger partial charge on any atom is -0.396 e. The summed E-state index contributed by atoms with van der Waals surface area (Å²) in [6, 6.07) is 7.42. The summed E-state index contributed by atoms with van der Waals surface area (Å²) in [5.74, 6) is 0. The van der Waals surface area contributed by atoms with Crippen molar-refractivity contribution >= 4 is 0 Å². The van der Waals surface area contributed by atoms with Crippen LogP contribution in [0.1, 0.15) is 56.3 Å². The molecule has 2 aliphatic rings. The molecule has 3 nitrogen and oxygen atoms in total. The van der Waals surface area contributed by atoms with Crippen LogP contribution in [0.4, 0.5) is 0 Å². The van der Waals surface area contributed by atoms with Gasteiger partial charge in [0.25, 0.3) is 0 Å². The monoisotopic (exact) mass is 303 g/mol. The molecule has 3 rings (SSSR count). The van der Waals surface area contributed by atoms with Crippen molar-refractivity contribution in [1.29, 1.82) is 0 Å². The molecular formula is C19H29NO2. The summed E-state index contributed by atoms with van der Waals surface area (Å²) in [4.78, 5) is 0. The molecule has 0 amide bonds. The van der Waals surface area contributed by atoms with E-state index in [2.05, 4.69) is 44.3 Å². The number of hydrogen-bond acceptors (Lipinski definition) is 3. The number of fused-ring (bicyclic) bond motifs is 1. The zero-order chi connectivity index (χ0) is 15.8. The van der Waals surface area contributed by atoms with Gasteiger partial charge in [-0.1, -0.05) is 39.0 Å². The van der Waals surface area contributed by atoms with Crippen molar-refractivity contribution in [3.05, 3.63) is 34.9 Å². The molecule has 0 bridgehead atoms. The van der Waals surface area contributed by atoms with Crippen LogP contribution in [0.5, 0.6) is 0 Å². The van der Waals surface area contributed by atoms with E-state index in [4.69, 9.17) is 4.74 Å². The Morgan fingerprint density at radius 3 is 2.68 bits per heavy atom. The highest BCUT2D eigenvalue weighted by Crippen LogP contribution is 2.35. The quantitative estimate of drug-likeness (QED) is 0.898. The molecule has 0 aromatic heterocycles. The molecule has 0 spiro atoms. The predicted octanol–water partition coefficient (Wildman–Crippen LogP) is 2.96. The van der Waals surface area contributed by atoms with E-state index < -0.39 is 0 Å². The van der Waals surface area contributed by atoms with Gasteiger partial charge in [-0.3, -0.25) is 0 Å². The van der Waals surface area contributed by atoms with E-state index in [0.717, 1.165) is 6.54 Å². The molecule has 1 atom stereocenters.